The van der Waals surface area contributed by atoms with E-state index in [9.17, 15) is 9.59 Å². The van der Waals surface area contributed by atoms with E-state index in [1.54, 1.807) is 23.9 Å². The van der Waals surface area contributed by atoms with Gasteiger partial charge in [0.1, 0.15) is 5.69 Å². The maximum Gasteiger partial charge on any atom is 0.270 e. The average molecular weight is 419 g/mol. The number of hydrogen-bond acceptors (Lipinski definition) is 5. The van der Waals surface area contributed by atoms with E-state index in [0.717, 1.165) is 24.8 Å². The molecule has 2 fully saturated rings. The smallest absolute Gasteiger partial charge is 0.270 e. The zero-order valence-corrected chi connectivity index (χ0v) is 17.5. The summed E-state index contributed by atoms with van der Waals surface area (Å²) in [6, 6.07) is 11.6. The zero-order valence-electron chi connectivity index (χ0n) is 17.5. The predicted octanol–water partition coefficient (Wildman–Crippen LogP) is 2.29. The second kappa shape index (κ2) is 7.37. The molecule has 8 heteroatoms. The minimum absolute atomic E-state index is 0.104. The minimum Gasteiger partial charge on any atom is -0.366 e. The van der Waals surface area contributed by atoms with Crippen LogP contribution in [-0.4, -0.2) is 44.5 Å². The number of carbonyl (C=O) groups is 2. The molecule has 160 valence electrons. The lowest BCUT2D eigenvalue weighted by atomic mass is 9.80. The molecule has 8 nitrogen and oxygen atoms in total. The molecule has 1 aliphatic carbocycles. The van der Waals surface area contributed by atoms with E-state index < -0.39 is 5.91 Å². The highest BCUT2D eigenvalue weighted by molar-refractivity contribution is 5.98. The van der Waals surface area contributed by atoms with Crippen LogP contribution in [0.5, 0.6) is 0 Å². The number of fused-ring (bicyclic) bond motifs is 1. The number of nitrogens with zero attached hydrogens (tertiary/aromatic N) is 4. The largest absolute Gasteiger partial charge is 0.366 e. The molecule has 2 aliphatic rings. The maximum absolute atomic E-state index is 13.2. The van der Waals surface area contributed by atoms with Gasteiger partial charge in [0, 0.05) is 32.8 Å². The summed E-state index contributed by atoms with van der Waals surface area (Å²) in [5.41, 5.74) is 7.00. The van der Waals surface area contributed by atoms with Gasteiger partial charge in [0.25, 0.3) is 5.91 Å². The van der Waals surface area contributed by atoms with Crippen molar-refractivity contribution in [3.8, 4) is 0 Å². The van der Waals surface area contributed by atoms with E-state index in [0.29, 0.717) is 42.5 Å². The van der Waals surface area contributed by atoms with Gasteiger partial charge in [0.05, 0.1) is 11.0 Å². The third kappa shape index (κ3) is 3.32. The Morgan fingerprint density at radius 3 is 2.84 bits per heavy atom. The van der Waals surface area contributed by atoms with Gasteiger partial charge in [0.15, 0.2) is 5.82 Å². The Hall–Kier alpha value is -3.42. The van der Waals surface area contributed by atoms with Crippen LogP contribution in [0, 0.1) is 5.92 Å². The van der Waals surface area contributed by atoms with Crippen molar-refractivity contribution < 1.29 is 14.1 Å². The van der Waals surface area contributed by atoms with Crippen LogP contribution < -0.4 is 5.73 Å². The van der Waals surface area contributed by atoms with Crippen LogP contribution in [0.1, 0.15) is 57.4 Å². The molecule has 1 saturated carbocycles. The lowest BCUT2D eigenvalue weighted by Gasteiger charge is -2.24. The van der Waals surface area contributed by atoms with Gasteiger partial charge >= 0.3 is 0 Å². The van der Waals surface area contributed by atoms with Gasteiger partial charge in [0.2, 0.25) is 11.8 Å². The van der Waals surface area contributed by atoms with Crippen LogP contribution in [0.3, 0.4) is 0 Å². The third-order valence-corrected chi connectivity index (χ3v) is 6.77. The number of rotatable bonds is 5. The second-order valence-electron chi connectivity index (χ2n) is 8.70. The summed E-state index contributed by atoms with van der Waals surface area (Å²) in [5.74, 6) is 0.951. The van der Waals surface area contributed by atoms with Gasteiger partial charge in [-0.1, -0.05) is 41.9 Å². The molecule has 2 amide bonds. The quantitative estimate of drug-likeness (QED) is 0.683. The van der Waals surface area contributed by atoms with Gasteiger partial charge in [-0.05, 0) is 30.4 Å². The molecule has 1 aliphatic heterocycles. The number of benzene rings is 1. The van der Waals surface area contributed by atoms with Crippen molar-refractivity contribution in [2.75, 3.05) is 13.1 Å². The van der Waals surface area contributed by atoms with Gasteiger partial charge in [-0.2, -0.15) is 4.98 Å². The lowest BCUT2D eigenvalue weighted by Crippen LogP contribution is -2.35. The number of primary amides is 1. The molecule has 0 unspecified atom stereocenters. The van der Waals surface area contributed by atoms with Crippen molar-refractivity contribution in [3.05, 3.63) is 71.1 Å². The van der Waals surface area contributed by atoms with Crippen LogP contribution in [-0.2, 0) is 18.9 Å². The molecule has 2 atom stereocenters. The van der Waals surface area contributed by atoms with Crippen LogP contribution >= 0.6 is 0 Å². The minimum atomic E-state index is -0.541. The number of nitrogens with two attached hydrogens (primary N) is 1. The molecular formula is C23H25N5O3. The summed E-state index contributed by atoms with van der Waals surface area (Å²) in [5, 5.41) is 4.23. The number of amides is 2. The molecule has 0 bridgehead atoms. The van der Waals surface area contributed by atoms with E-state index in [4.69, 9.17) is 15.2 Å². The first-order valence-corrected chi connectivity index (χ1v) is 10.6. The van der Waals surface area contributed by atoms with Crippen molar-refractivity contribution in [2.45, 2.75) is 31.1 Å². The Balaban J connectivity index is 1.39. The van der Waals surface area contributed by atoms with Crippen LogP contribution in [0.25, 0.3) is 0 Å². The van der Waals surface area contributed by atoms with Crippen molar-refractivity contribution in [1.29, 1.82) is 0 Å². The number of aryl methyl sites for hydroxylation is 1. The van der Waals surface area contributed by atoms with Crippen molar-refractivity contribution in [3.63, 3.8) is 0 Å². The standard InChI is InChI=1S/C23H25N5O3/c1-27-12-16(20(24)29)11-18(27)21(30)28-13-17-8-5-9-23(17,14-28)22-25-19(26-31-22)10-15-6-3-2-4-7-15/h2-4,6-7,11-12,17H,5,8-10,13-14H2,1H3,(H2,24,29)/t17-,23-/m1/s1. The van der Waals surface area contributed by atoms with Gasteiger partial charge in [-0.3, -0.25) is 9.59 Å². The highest BCUT2D eigenvalue weighted by Crippen LogP contribution is 2.50. The third-order valence-electron chi connectivity index (χ3n) is 6.77. The lowest BCUT2D eigenvalue weighted by molar-refractivity contribution is 0.0765. The number of hydrogen-bond donors (Lipinski definition) is 1. The Labute approximate surface area is 180 Å². The average Bonchev–Trinajstić information content (AvgIpc) is 3.50. The van der Waals surface area contributed by atoms with Gasteiger partial charge < -0.3 is 19.7 Å². The SMILES string of the molecule is Cn1cc(C(N)=O)cc1C(=O)N1C[C@H]2CCC[C@@]2(c2nc(Cc3ccccc3)no2)C1. The normalized spacial score (nSPS) is 22.6. The zero-order chi connectivity index (χ0) is 21.6. The topological polar surface area (TPSA) is 107 Å². The van der Waals surface area contributed by atoms with E-state index in [1.807, 2.05) is 35.2 Å². The Bertz CT molecular complexity index is 1140. The van der Waals surface area contributed by atoms with Crippen LogP contribution in [0.2, 0.25) is 0 Å². The molecule has 1 saturated heterocycles. The van der Waals surface area contributed by atoms with Crippen molar-refractivity contribution in [1.82, 2.24) is 19.6 Å². The fraction of sp³-hybridized carbons (Fsp3) is 0.391. The Morgan fingerprint density at radius 1 is 1.29 bits per heavy atom. The maximum atomic E-state index is 13.2. The van der Waals surface area contributed by atoms with E-state index in [1.165, 1.54) is 0 Å². The molecule has 0 radical (unpaired) electrons. The van der Waals surface area contributed by atoms with Gasteiger partial charge in [-0.15, -0.1) is 0 Å². The molecule has 0 spiro atoms. The molecule has 5 rings (SSSR count). The Morgan fingerprint density at radius 2 is 2.10 bits per heavy atom. The predicted molar refractivity (Wildman–Crippen MR) is 112 cm³/mol. The monoisotopic (exact) mass is 419 g/mol. The van der Waals surface area contributed by atoms with Crippen LogP contribution in [0.15, 0.2) is 47.1 Å². The van der Waals surface area contributed by atoms with E-state index >= 15 is 0 Å². The second-order valence-corrected chi connectivity index (χ2v) is 8.70. The molecular weight excluding hydrogens is 394 g/mol. The first-order valence-electron chi connectivity index (χ1n) is 10.6. The molecule has 31 heavy (non-hydrogen) atoms. The van der Waals surface area contributed by atoms with E-state index in [-0.39, 0.29) is 17.2 Å². The van der Waals surface area contributed by atoms with Crippen molar-refractivity contribution in [2.24, 2.45) is 18.7 Å². The fourth-order valence-corrected chi connectivity index (χ4v) is 5.17. The summed E-state index contributed by atoms with van der Waals surface area (Å²) in [7, 11) is 1.75. The number of carbonyl (C=O) groups excluding carboxylic acids is 2. The van der Waals surface area contributed by atoms with Crippen molar-refractivity contribution >= 4 is 11.8 Å². The van der Waals surface area contributed by atoms with E-state index in [2.05, 4.69) is 5.16 Å². The number of aromatic nitrogens is 3. The highest BCUT2D eigenvalue weighted by atomic mass is 16.5. The summed E-state index contributed by atoms with van der Waals surface area (Å²) < 4.78 is 7.41. The first-order chi connectivity index (χ1) is 15.0. The highest BCUT2D eigenvalue weighted by Gasteiger charge is 2.55. The number of likely N-dealkylation sites (tertiary alicyclic amines) is 1. The summed E-state index contributed by atoms with van der Waals surface area (Å²) in [4.78, 5) is 31.3. The fourth-order valence-electron chi connectivity index (χ4n) is 5.17. The summed E-state index contributed by atoms with van der Waals surface area (Å²) in [6.45, 7) is 1.19. The Kier molecular flexibility index (Phi) is 4.64. The first kappa shape index (κ1) is 19.5. The summed E-state index contributed by atoms with van der Waals surface area (Å²) in [6.07, 6.45) is 5.25. The molecule has 2 aromatic heterocycles. The van der Waals surface area contributed by atoms with Crippen LogP contribution in [0.4, 0.5) is 0 Å². The molecule has 1 aromatic carbocycles. The molecule has 3 heterocycles. The summed E-state index contributed by atoms with van der Waals surface area (Å²) >= 11 is 0. The van der Waals surface area contributed by atoms with Gasteiger partial charge in [-0.25, -0.2) is 0 Å². The molecule has 2 N–H and O–H groups in total. The molecule has 3 aromatic rings.